The van der Waals surface area contributed by atoms with Crippen LogP contribution in [-0.4, -0.2) is 25.9 Å². The lowest BCUT2D eigenvalue weighted by Gasteiger charge is -2.13. The molecule has 4 heteroatoms. The zero-order valence-electron chi connectivity index (χ0n) is 10.9. The second kappa shape index (κ2) is 6.41. The highest BCUT2D eigenvalue weighted by Gasteiger charge is 2.20. The van der Waals surface area contributed by atoms with Crippen LogP contribution in [0.4, 0.5) is 0 Å². The fourth-order valence-electron chi connectivity index (χ4n) is 1.60. The smallest absolute Gasteiger partial charge is 0.138 e. The third kappa shape index (κ3) is 4.16. The van der Waals surface area contributed by atoms with Crippen molar-refractivity contribution in [3.8, 4) is 5.75 Å². The molecule has 1 saturated carbocycles. The molecule has 0 amide bonds. The number of nitrogens with one attached hydrogen (secondary N) is 1. The molecule has 100 valence electrons. The molecule has 1 atom stereocenters. The van der Waals surface area contributed by atoms with Crippen molar-refractivity contribution in [3.05, 3.63) is 28.8 Å². The number of hydrogen-bond acceptors (Lipinski definition) is 3. The van der Waals surface area contributed by atoms with Gasteiger partial charge in [-0.2, -0.15) is 0 Å². The van der Waals surface area contributed by atoms with Crippen molar-refractivity contribution >= 4 is 11.6 Å². The molecule has 1 aliphatic carbocycles. The van der Waals surface area contributed by atoms with Gasteiger partial charge in [0.2, 0.25) is 0 Å². The Labute approximate surface area is 113 Å². The van der Waals surface area contributed by atoms with Gasteiger partial charge in [-0.25, -0.2) is 0 Å². The Morgan fingerprint density at radius 3 is 2.83 bits per heavy atom. The van der Waals surface area contributed by atoms with Crippen LogP contribution < -0.4 is 10.1 Å². The Bertz CT molecular complexity index is 393. The number of methoxy groups -OCH3 is 1. The summed E-state index contributed by atoms with van der Waals surface area (Å²) in [6, 6.07) is 6.65. The minimum absolute atomic E-state index is 0.0669. The van der Waals surface area contributed by atoms with Gasteiger partial charge in [0.1, 0.15) is 12.4 Å². The maximum Gasteiger partial charge on any atom is 0.138 e. The van der Waals surface area contributed by atoms with E-state index >= 15 is 0 Å². The second-order valence-corrected chi connectivity index (χ2v) is 5.18. The molecule has 0 saturated heterocycles. The first-order valence-corrected chi connectivity index (χ1v) is 6.74. The molecular formula is C14H20ClNO2. The van der Waals surface area contributed by atoms with Gasteiger partial charge in [-0.3, -0.25) is 0 Å². The Morgan fingerprint density at radius 1 is 1.44 bits per heavy atom. The fraction of sp³-hybridized carbons (Fsp3) is 0.571. The molecule has 2 rings (SSSR count). The van der Waals surface area contributed by atoms with E-state index in [2.05, 4.69) is 5.32 Å². The number of rotatable bonds is 7. The van der Waals surface area contributed by atoms with Gasteiger partial charge >= 0.3 is 0 Å². The zero-order valence-corrected chi connectivity index (χ0v) is 11.7. The van der Waals surface area contributed by atoms with E-state index in [1.807, 2.05) is 25.1 Å². The summed E-state index contributed by atoms with van der Waals surface area (Å²) in [5.41, 5.74) is 1.19. The monoisotopic (exact) mass is 269 g/mol. The molecule has 1 unspecified atom stereocenters. The predicted molar refractivity (Wildman–Crippen MR) is 73.3 cm³/mol. The van der Waals surface area contributed by atoms with Crippen LogP contribution in [0.25, 0.3) is 0 Å². The topological polar surface area (TPSA) is 30.5 Å². The van der Waals surface area contributed by atoms with Crippen molar-refractivity contribution in [3.63, 3.8) is 0 Å². The molecule has 1 N–H and O–H groups in total. The average Bonchev–Trinajstić information content (AvgIpc) is 3.18. The summed E-state index contributed by atoms with van der Waals surface area (Å²) in [7, 11) is 1.67. The van der Waals surface area contributed by atoms with Crippen LogP contribution in [0.3, 0.4) is 0 Å². The largest absolute Gasteiger partial charge is 0.489 e. The maximum atomic E-state index is 6.19. The zero-order chi connectivity index (χ0) is 13.0. The van der Waals surface area contributed by atoms with Crippen molar-refractivity contribution in [2.24, 2.45) is 0 Å². The molecule has 0 radical (unpaired) electrons. The van der Waals surface area contributed by atoms with Gasteiger partial charge in [0.05, 0.1) is 11.1 Å². The highest BCUT2D eigenvalue weighted by Crippen LogP contribution is 2.26. The van der Waals surface area contributed by atoms with E-state index in [9.17, 15) is 0 Å². The van der Waals surface area contributed by atoms with Crippen molar-refractivity contribution in [1.29, 1.82) is 0 Å². The summed E-state index contributed by atoms with van der Waals surface area (Å²) in [6.07, 6.45) is 2.66. The molecule has 0 aliphatic heterocycles. The van der Waals surface area contributed by atoms with Crippen molar-refractivity contribution in [2.75, 3.05) is 13.7 Å². The van der Waals surface area contributed by atoms with E-state index in [4.69, 9.17) is 21.1 Å². The Kier molecular flexibility index (Phi) is 4.87. The standard InChI is InChI=1S/C14H20ClNO2/c1-10(17-2)9-18-14-6-3-11(7-13(14)15)8-16-12-4-5-12/h3,6-7,10,12,16H,4-5,8-9H2,1-2H3. The summed E-state index contributed by atoms with van der Waals surface area (Å²) in [5.74, 6) is 0.718. The number of benzene rings is 1. The van der Waals surface area contributed by atoms with Crippen LogP contribution in [-0.2, 0) is 11.3 Å². The van der Waals surface area contributed by atoms with Gasteiger partial charge in [0.15, 0.2) is 0 Å². The van der Waals surface area contributed by atoms with Crippen LogP contribution in [0.2, 0.25) is 5.02 Å². The second-order valence-electron chi connectivity index (χ2n) is 4.78. The average molecular weight is 270 g/mol. The summed E-state index contributed by atoms with van der Waals surface area (Å²) in [5, 5.41) is 4.12. The third-order valence-electron chi connectivity index (χ3n) is 3.04. The third-order valence-corrected chi connectivity index (χ3v) is 3.34. The maximum absolute atomic E-state index is 6.19. The SMILES string of the molecule is COC(C)COc1ccc(CNC2CC2)cc1Cl. The first-order valence-electron chi connectivity index (χ1n) is 6.36. The number of ether oxygens (including phenoxy) is 2. The minimum Gasteiger partial charge on any atom is -0.489 e. The summed E-state index contributed by atoms with van der Waals surface area (Å²) in [4.78, 5) is 0. The van der Waals surface area contributed by atoms with Gasteiger partial charge < -0.3 is 14.8 Å². The van der Waals surface area contributed by atoms with Crippen molar-refractivity contribution in [1.82, 2.24) is 5.32 Å². The van der Waals surface area contributed by atoms with E-state index < -0.39 is 0 Å². The van der Waals surface area contributed by atoms with Crippen LogP contribution in [0.1, 0.15) is 25.3 Å². The highest BCUT2D eigenvalue weighted by atomic mass is 35.5. The molecular weight excluding hydrogens is 250 g/mol. The van der Waals surface area contributed by atoms with Crippen LogP contribution >= 0.6 is 11.6 Å². The van der Waals surface area contributed by atoms with Gasteiger partial charge in [0, 0.05) is 19.7 Å². The fourth-order valence-corrected chi connectivity index (χ4v) is 1.85. The van der Waals surface area contributed by atoms with Crippen LogP contribution in [0.5, 0.6) is 5.75 Å². The lowest BCUT2D eigenvalue weighted by molar-refractivity contribution is 0.0717. The van der Waals surface area contributed by atoms with Crippen LogP contribution in [0, 0.1) is 0 Å². The molecule has 0 heterocycles. The van der Waals surface area contributed by atoms with Gasteiger partial charge in [0.25, 0.3) is 0 Å². The number of hydrogen-bond donors (Lipinski definition) is 1. The molecule has 0 bridgehead atoms. The summed E-state index contributed by atoms with van der Waals surface area (Å²) in [6.45, 7) is 3.34. The van der Waals surface area contributed by atoms with Crippen molar-refractivity contribution < 1.29 is 9.47 Å². The van der Waals surface area contributed by atoms with E-state index in [1.165, 1.54) is 18.4 Å². The quantitative estimate of drug-likeness (QED) is 0.825. The normalized spacial score (nSPS) is 16.6. The Balaban J connectivity index is 1.87. The molecule has 18 heavy (non-hydrogen) atoms. The molecule has 1 fully saturated rings. The van der Waals surface area contributed by atoms with E-state index in [1.54, 1.807) is 7.11 Å². The number of halogens is 1. The molecule has 0 spiro atoms. The first-order chi connectivity index (χ1) is 8.69. The predicted octanol–water partition coefficient (Wildman–Crippen LogP) is 3.01. The lowest BCUT2D eigenvalue weighted by atomic mass is 10.2. The Hall–Kier alpha value is -0.770. The molecule has 3 nitrogen and oxygen atoms in total. The van der Waals surface area contributed by atoms with E-state index in [0.29, 0.717) is 17.7 Å². The Morgan fingerprint density at radius 2 is 2.22 bits per heavy atom. The van der Waals surface area contributed by atoms with E-state index in [0.717, 1.165) is 12.3 Å². The molecule has 1 aromatic rings. The van der Waals surface area contributed by atoms with Gasteiger partial charge in [-0.15, -0.1) is 0 Å². The van der Waals surface area contributed by atoms with Gasteiger partial charge in [-0.05, 0) is 37.5 Å². The molecule has 1 aromatic carbocycles. The highest BCUT2D eigenvalue weighted by molar-refractivity contribution is 6.32. The van der Waals surface area contributed by atoms with E-state index in [-0.39, 0.29) is 6.10 Å². The minimum atomic E-state index is 0.0669. The lowest BCUT2D eigenvalue weighted by Crippen LogP contribution is -2.16. The summed E-state index contributed by atoms with van der Waals surface area (Å²) >= 11 is 6.19. The molecule has 0 aromatic heterocycles. The van der Waals surface area contributed by atoms with Gasteiger partial charge in [-0.1, -0.05) is 17.7 Å². The molecule has 1 aliphatic rings. The van der Waals surface area contributed by atoms with Crippen LogP contribution in [0.15, 0.2) is 18.2 Å². The van der Waals surface area contributed by atoms with Crippen molar-refractivity contribution in [2.45, 2.75) is 38.5 Å². The summed E-state index contributed by atoms with van der Waals surface area (Å²) < 4.78 is 10.7. The first kappa shape index (κ1) is 13.7.